The number of carbonyl (C=O) groups excluding carboxylic acids is 1. The average molecular weight is 1210 g/mol. The number of aliphatic hydroxyl groups excluding tert-OH is 1. The van der Waals surface area contributed by atoms with E-state index in [4.69, 9.17) is 9.05 Å². The third kappa shape index (κ3) is 67.6. The number of nitrogens with zero attached hydrogens (tertiary/aromatic N) is 1. The van der Waals surface area contributed by atoms with Gasteiger partial charge in [0.15, 0.2) is 0 Å². The maximum Gasteiger partial charge on any atom is 0.268 e. The van der Waals surface area contributed by atoms with Gasteiger partial charge < -0.3 is 28.8 Å². The molecule has 0 heterocycles. The summed E-state index contributed by atoms with van der Waals surface area (Å²) >= 11 is 0. The third-order valence-electron chi connectivity index (χ3n) is 14.7. The highest BCUT2D eigenvalue weighted by molar-refractivity contribution is 7.45. The van der Waals surface area contributed by atoms with Crippen molar-refractivity contribution < 1.29 is 32.9 Å². The van der Waals surface area contributed by atoms with E-state index in [1.807, 2.05) is 27.2 Å². The number of nitrogens with one attached hydrogen (secondary N) is 1. The Hall–Kier alpha value is -3.88. The van der Waals surface area contributed by atoms with Crippen molar-refractivity contribution in [1.29, 1.82) is 0 Å². The van der Waals surface area contributed by atoms with Gasteiger partial charge >= 0.3 is 0 Å². The number of hydrogen-bond donors (Lipinski definition) is 2. The zero-order valence-corrected chi connectivity index (χ0v) is 56.8. The summed E-state index contributed by atoms with van der Waals surface area (Å²) in [4.78, 5) is 25.6. The molecule has 8 nitrogen and oxygen atoms in total. The van der Waals surface area contributed by atoms with E-state index in [1.165, 1.54) is 122 Å². The zero-order chi connectivity index (χ0) is 62.6. The molecule has 86 heavy (non-hydrogen) atoms. The number of amides is 1. The predicted octanol–water partition coefficient (Wildman–Crippen LogP) is 21.9. The second-order valence-electron chi connectivity index (χ2n) is 24.2. The van der Waals surface area contributed by atoms with Crippen molar-refractivity contribution in [2.75, 3.05) is 40.9 Å². The number of unbranched alkanes of at least 4 members (excludes halogenated alkanes) is 25. The SMILES string of the molecule is CC/C=C\C/C=C\C/C=C\C/C=C\C/C=C\C/C=C\C/C=C\C/C=C\C/C=C\C/C=C\C/C=C\C/C=C\CCCCCCC(=O)NC(COP(=O)([O-])OCC[N+](C)(C)C)C(O)/C=C/CCCCCCCCCCCCCCCCCCCCCCC. The minimum absolute atomic E-state index is 0.0140. The molecule has 0 aromatic carbocycles. The summed E-state index contributed by atoms with van der Waals surface area (Å²) in [6, 6.07) is -0.913. The van der Waals surface area contributed by atoms with Crippen LogP contribution in [0.2, 0.25) is 0 Å². The fourth-order valence-electron chi connectivity index (χ4n) is 9.37. The fraction of sp³-hybridized carbons (Fsp3) is 0.649. The zero-order valence-electron chi connectivity index (χ0n) is 56.0. The quantitative estimate of drug-likeness (QED) is 0.0272. The van der Waals surface area contributed by atoms with Crippen molar-refractivity contribution in [2.24, 2.45) is 0 Å². The Kier molecular flexibility index (Phi) is 62.6. The molecule has 1 amide bonds. The molecule has 0 aromatic rings. The van der Waals surface area contributed by atoms with Gasteiger partial charge in [-0.05, 0) is 109 Å². The topological polar surface area (TPSA) is 108 Å². The van der Waals surface area contributed by atoms with E-state index < -0.39 is 26.6 Å². The number of allylic oxidation sites excluding steroid dienone is 25. The van der Waals surface area contributed by atoms with E-state index in [-0.39, 0.29) is 12.5 Å². The second kappa shape index (κ2) is 65.6. The Labute approximate surface area is 531 Å². The number of hydrogen-bond acceptors (Lipinski definition) is 6. The van der Waals surface area contributed by atoms with Crippen LogP contribution < -0.4 is 10.2 Å². The predicted molar refractivity (Wildman–Crippen MR) is 375 cm³/mol. The number of aliphatic hydroxyl groups is 1. The van der Waals surface area contributed by atoms with E-state index in [9.17, 15) is 19.4 Å². The Morgan fingerprint density at radius 3 is 1.03 bits per heavy atom. The molecule has 0 bridgehead atoms. The fourth-order valence-corrected chi connectivity index (χ4v) is 10.1. The molecule has 0 fully saturated rings. The van der Waals surface area contributed by atoms with Gasteiger partial charge in [-0.2, -0.15) is 0 Å². The molecule has 0 radical (unpaired) electrons. The van der Waals surface area contributed by atoms with E-state index in [1.54, 1.807) is 6.08 Å². The minimum Gasteiger partial charge on any atom is -0.756 e. The van der Waals surface area contributed by atoms with Crippen LogP contribution in [0, 0.1) is 0 Å². The van der Waals surface area contributed by atoms with Gasteiger partial charge in [0.05, 0.1) is 39.9 Å². The molecule has 3 unspecified atom stereocenters. The average Bonchev–Trinajstić information content (AvgIpc) is 3.70. The van der Waals surface area contributed by atoms with E-state index in [0.717, 1.165) is 128 Å². The van der Waals surface area contributed by atoms with Crippen LogP contribution in [-0.2, 0) is 18.4 Å². The number of carbonyl (C=O) groups is 1. The summed E-state index contributed by atoms with van der Waals surface area (Å²) < 4.78 is 23.4. The summed E-state index contributed by atoms with van der Waals surface area (Å²) in [7, 11) is 1.23. The number of phosphoric acid groups is 1. The van der Waals surface area contributed by atoms with Gasteiger partial charge in [-0.25, -0.2) is 0 Å². The maximum absolute atomic E-state index is 13.0. The normalized spacial score (nSPS) is 14.6. The number of rotatable bonds is 62. The largest absolute Gasteiger partial charge is 0.756 e. The summed E-state index contributed by atoms with van der Waals surface area (Å²) in [5.74, 6) is -0.226. The van der Waals surface area contributed by atoms with Crippen LogP contribution in [0.3, 0.4) is 0 Å². The van der Waals surface area contributed by atoms with Crippen molar-refractivity contribution >= 4 is 13.7 Å². The van der Waals surface area contributed by atoms with Crippen molar-refractivity contribution in [3.05, 3.63) is 158 Å². The lowest BCUT2D eigenvalue weighted by Crippen LogP contribution is -2.45. The van der Waals surface area contributed by atoms with Crippen LogP contribution in [0.4, 0.5) is 0 Å². The van der Waals surface area contributed by atoms with Crippen molar-refractivity contribution in [1.82, 2.24) is 5.32 Å². The van der Waals surface area contributed by atoms with Crippen LogP contribution in [0.5, 0.6) is 0 Å². The van der Waals surface area contributed by atoms with Gasteiger partial charge in [0, 0.05) is 6.42 Å². The minimum atomic E-state index is -4.62. The molecular weight excluding hydrogens is 1080 g/mol. The number of likely N-dealkylation sites (N-methyl/N-ethyl adjacent to an activating group) is 1. The molecule has 490 valence electrons. The van der Waals surface area contributed by atoms with E-state index in [2.05, 4.69) is 165 Å². The first-order valence-electron chi connectivity index (χ1n) is 34.8. The highest BCUT2D eigenvalue weighted by Gasteiger charge is 2.23. The van der Waals surface area contributed by atoms with Crippen LogP contribution in [0.1, 0.15) is 271 Å². The standard InChI is InChI=1S/C77H131N2O6P/c1-6-8-10-12-14-16-18-20-22-24-26-28-30-31-32-33-34-35-36-37-38-39-40-41-42-43-44-45-46-47-49-51-53-55-57-59-61-63-65-67-69-71-77(81)78-75(74-85-86(82,83)84-73-72-79(3,4)5)76(80)70-68-66-64-62-60-58-56-54-52-50-48-29-27-25-23-21-19-17-15-13-11-9-7-2/h8,10,14,16,20,22,26,28,31-32,34-35,37-38,40-41,43-44,46-47,51,53,57,59,68,70,75-76,80H,6-7,9,11-13,15,17-19,21,23-25,27,29-30,33,36,39,42,45,48-50,52,54-56,58,60-67,69,71-74H2,1-5H3,(H-,78,81,82,83)/b10-8-,16-14-,22-20-,28-26-,32-31-,35-34-,38-37-,41-40-,44-43-,47-46-,53-51-,59-57-,70-68+. The van der Waals surface area contributed by atoms with Crippen LogP contribution >= 0.6 is 7.82 Å². The summed E-state index contributed by atoms with van der Waals surface area (Å²) in [6.07, 6.45) is 102. The van der Waals surface area contributed by atoms with Gasteiger partial charge in [-0.15, -0.1) is 0 Å². The maximum atomic E-state index is 13.0. The molecular formula is C77H131N2O6P. The van der Waals surface area contributed by atoms with Gasteiger partial charge in [0.25, 0.3) is 7.82 Å². The summed E-state index contributed by atoms with van der Waals surface area (Å²) in [5.41, 5.74) is 0. The van der Waals surface area contributed by atoms with E-state index >= 15 is 0 Å². The lowest BCUT2D eigenvalue weighted by Gasteiger charge is -2.29. The van der Waals surface area contributed by atoms with Gasteiger partial charge in [-0.3, -0.25) is 9.36 Å². The van der Waals surface area contributed by atoms with Crippen molar-refractivity contribution in [2.45, 2.75) is 283 Å². The molecule has 0 rings (SSSR count). The Morgan fingerprint density at radius 2 is 0.709 bits per heavy atom. The molecule has 9 heteroatoms. The highest BCUT2D eigenvalue weighted by Crippen LogP contribution is 2.38. The summed E-state index contributed by atoms with van der Waals surface area (Å²) in [6.45, 7) is 4.52. The van der Waals surface area contributed by atoms with Gasteiger partial charge in [0.2, 0.25) is 5.91 Å². The molecule has 0 aliphatic heterocycles. The smallest absolute Gasteiger partial charge is 0.268 e. The number of phosphoric ester groups is 1. The number of quaternary nitrogens is 1. The molecule has 2 N–H and O–H groups in total. The Bertz CT molecular complexity index is 1960. The first-order chi connectivity index (χ1) is 42.0. The molecule has 0 aliphatic carbocycles. The van der Waals surface area contributed by atoms with Gasteiger partial charge in [-0.1, -0.05) is 313 Å². The molecule has 0 aliphatic rings. The van der Waals surface area contributed by atoms with Gasteiger partial charge in [0.1, 0.15) is 13.2 Å². The Balaban J connectivity index is 4.21. The second-order valence-corrected chi connectivity index (χ2v) is 25.6. The third-order valence-corrected chi connectivity index (χ3v) is 15.7. The molecule has 3 atom stereocenters. The van der Waals surface area contributed by atoms with E-state index in [0.29, 0.717) is 17.4 Å². The Morgan fingerprint density at radius 1 is 0.419 bits per heavy atom. The first kappa shape index (κ1) is 82.1. The van der Waals surface area contributed by atoms with Crippen LogP contribution in [0.25, 0.3) is 0 Å². The summed E-state index contributed by atoms with van der Waals surface area (Å²) in [5, 5.41) is 13.9. The van der Waals surface area contributed by atoms with Crippen molar-refractivity contribution in [3.8, 4) is 0 Å². The highest BCUT2D eigenvalue weighted by atomic mass is 31.2. The first-order valence-corrected chi connectivity index (χ1v) is 36.3. The van der Waals surface area contributed by atoms with Crippen LogP contribution in [0.15, 0.2) is 158 Å². The lowest BCUT2D eigenvalue weighted by molar-refractivity contribution is -0.870. The molecule has 0 saturated heterocycles. The van der Waals surface area contributed by atoms with Crippen molar-refractivity contribution in [3.63, 3.8) is 0 Å². The molecule has 0 aromatic heterocycles. The van der Waals surface area contributed by atoms with Crippen LogP contribution in [-0.4, -0.2) is 68.5 Å². The molecule has 0 saturated carbocycles. The molecule has 0 spiro atoms. The monoisotopic (exact) mass is 1210 g/mol. The lowest BCUT2D eigenvalue weighted by atomic mass is 10.0.